The lowest BCUT2D eigenvalue weighted by molar-refractivity contribution is 0.142. The minimum Gasteiger partial charge on any atom is -0.492 e. The molecule has 0 fully saturated rings. The zero-order valence-electron chi connectivity index (χ0n) is 12.6. The molecule has 0 bridgehead atoms. The summed E-state index contributed by atoms with van der Waals surface area (Å²) in [7, 11) is 3.66. The van der Waals surface area contributed by atoms with E-state index >= 15 is 0 Å². The summed E-state index contributed by atoms with van der Waals surface area (Å²) in [4.78, 5) is 2.26. The minimum atomic E-state index is 0.665. The van der Waals surface area contributed by atoms with Crippen LogP contribution in [-0.2, 0) is 11.3 Å². The van der Waals surface area contributed by atoms with Crippen LogP contribution in [0.4, 0.5) is 0 Å². The summed E-state index contributed by atoms with van der Waals surface area (Å²) < 4.78 is 11.0. The van der Waals surface area contributed by atoms with Gasteiger partial charge in [0.1, 0.15) is 12.4 Å². The molecule has 4 nitrogen and oxygen atoms in total. The number of ether oxygens (including phenoxy) is 2. The van der Waals surface area contributed by atoms with Crippen LogP contribution in [0.1, 0.15) is 5.56 Å². The van der Waals surface area contributed by atoms with Gasteiger partial charge in [0.05, 0.1) is 6.61 Å². The summed E-state index contributed by atoms with van der Waals surface area (Å²) in [6.45, 7) is 8.60. The molecule has 0 saturated carbocycles. The average Bonchev–Trinajstić information content (AvgIpc) is 2.47. The average molecular weight is 278 g/mol. The second-order valence-electron chi connectivity index (χ2n) is 4.57. The Morgan fingerprint density at radius 3 is 2.70 bits per heavy atom. The van der Waals surface area contributed by atoms with Gasteiger partial charge in [-0.15, -0.1) is 6.58 Å². The number of hydrogen-bond donors (Lipinski definition) is 1. The highest BCUT2D eigenvalue weighted by Crippen LogP contribution is 2.17. The first kappa shape index (κ1) is 16.7. The van der Waals surface area contributed by atoms with Gasteiger partial charge in [-0.2, -0.15) is 0 Å². The number of methoxy groups -OCH3 is 1. The monoisotopic (exact) mass is 278 g/mol. The van der Waals surface area contributed by atoms with Crippen LogP contribution < -0.4 is 10.1 Å². The molecule has 0 aliphatic carbocycles. The predicted octanol–water partition coefficient (Wildman–Crippen LogP) is 1.92. The first-order valence-electron chi connectivity index (χ1n) is 6.99. The molecule has 0 unspecified atom stereocenters. The molecule has 1 aromatic rings. The van der Waals surface area contributed by atoms with Crippen molar-refractivity contribution in [3.63, 3.8) is 0 Å². The Bertz CT molecular complexity index is 382. The van der Waals surface area contributed by atoms with E-state index in [2.05, 4.69) is 22.9 Å². The molecule has 0 atom stereocenters. The van der Waals surface area contributed by atoms with E-state index in [9.17, 15) is 0 Å². The molecule has 0 saturated heterocycles. The van der Waals surface area contributed by atoms with Gasteiger partial charge in [-0.3, -0.25) is 4.90 Å². The molecule has 0 aliphatic rings. The van der Waals surface area contributed by atoms with Crippen molar-refractivity contribution < 1.29 is 9.47 Å². The molecule has 4 heteroatoms. The topological polar surface area (TPSA) is 33.7 Å². The van der Waals surface area contributed by atoms with Crippen LogP contribution in [0.2, 0.25) is 0 Å². The van der Waals surface area contributed by atoms with E-state index in [1.54, 1.807) is 7.11 Å². The van der Waals surface area contributed by atoms with Crippen molar-refractivity contribution in [1.29, 1.82) is 0 Å². The van der Waals surface area contributed by atoms with Gasteiger partial charge < -0.3 is 14.8 Å². The number of nitrogens with zero attached hydrogens (tertiary/aromatic N) is 1. The lowest BCUT2D eigenvalue weighted by atomic mass is 10.2. The van der Waals surface area contributed by atoms with Crippen LogP contribution in [0.3, 0.4) is 0 Å². The number of para-hydroxylation sites is 1. The lowest BCUT2D eigenvalue weighted by Crippen LogP contribution is -2.31. The highest BCUT2D eigenvalue weighted by molar-refractivity contribution is 5.33. The van der Waals surface area contributed by atoms with Crippen LogP contribution in [0.5, 0.6) is 5.75 Å². The molecule has 112 valence electrons. The third-order valence-corrected chi connectivity index (χ3v) is 3.00. The Hall–Kier alpha value is -1.36. The third-order valence-electron chi connectivity index (χ3n) is 3.00. The lowest BCUT2D eigenvalue weighted by Gasteiger charge is -2.20. The second kappa shape index (κ2) is 10.4. The van der Waals surface area contributed by atoms with E-state index in [0.29, 0.717) is 6.61 Å². The van der Waals surface area contributed by atoms with Gasteiger partial charge in [0.15, 0.2) is 0 Å². The fraction of sp³-hybridized carbons (Fsp3) is 0.500. The standard InChI is InChI=1S/C16H26N2O2/c1-4-9-18(10-12-19-3)11-13-20-16-8-6-5-7-15(16)14-17-2/h4-8,17H,1,9-14H2,2-3H3. The number of nitrogens with one attached hydrogen (secondary N) is 1. The summed E-state index contributed by atoms with van der Waals surface area (Å²) >= 11 is 0. The maximum Gasteiger partial charge on any atom is 0.123 e. The second-order valence-corrected chi connectivity index (χ2v) is 4.57. The fourth-order valence-electron chi connectivity index (χ4n) is 1.96. The first-order chi connectivity index (χ1) is 9.81. The van der Waals surface area contributed by atoms with E-state index in [-0.39, 0.29) is 0 Å². The van der Waals surface area contributed by atoms with E-state index in [1.165, 1.54) is 5.56 Å². The molecule has 0 aromatic heterocycles. The highest BCUT2D eigenvalue weighted by Gasteiger charge is 2.05. The van der Waals surface area contributed by atoms with E-state index in [1.807, 2.05) is 31.3 Å². The van der Waals surface area contributed by atoms with Crippen molar-refractivity contribution in [1.82, 2.24) is 10.2 Å². The predicted molar refractivity (Wildman–Crippen MR) is 83.2 cm³/mol. The molecule has 0 radical (unpaired) electrons. The van der Waals surface area contributed by atoms with Gasteiger partial charge in [0.25, 0.3) is 0 Å². The number of rotatable bonds is 11. The Balaban J connectivity index is 2.43. The Kier molecular flexibility index (Phi) is 8.71. The van der Waals surface area contributed by atoms with Gasteiger partial charge in [-0.05, 0) is 13.1 Å². The maximum absolute atomic E-state index is 5.89. The summed E-state index contributed by atoms with van der Waals surface area (Å²) in [6.07, 6.45) is 1.91. The molecule has 0 spiro atoms. The van der Waals surface area contributed by atoms with Crippen molar-refractivity contribution in [2.24, 2.45) is 0 Å². The summed E-state index contributed by atoms with van der Waals surface area (Å²) in [5.41, 5.74) is 1.18. The zero-order valence-corrected chi connectivity index (χ0v) is 12.6. The first-order valence-corrected chi connectivity index (χ1v) is 6.99. The van der Waals surface area contributed by atoms with Gasteiger partial charge in [0, 0.05) is 38.9 Å². The third kappa shape index (κ3) is 6.19. The smallest absolute Gasteiger partial charge is 0.123 e. The summed E-state index contributed by atoms with van der Waals surface area (Å²) in [6, 6.07) is 8.13. The van der Waals surface area contributed by atoms with Crippen LogP contribution in [-0.4, -0.2) is 51.9 Å². The molecule has 1 aromatic carbocycles. The van der Waals surface area contributed by atoms with Crippen molar-refractivity contribution >= 4 is 0 Å². The van der Waals surface area contributed by atoms with E-state index in [4.69, 9.17) is 9.47 Å². The number of hydrogen-bond acceptors (Lipinski definition) is 4. The molecular weight excluding hydrogens is 252 g/mol. The Morgan fingerprint density at radius 1 is 1.25 bits per heavy atom. The largest absolute Gasteiger partial charge is 0.492 e. The van der Waals surface area contributed by atoms with Crippen LogP contribution in [0, 0.1) is 0 Å². The normalized spacial score (nSPS) is 10.8. The van der Waals surface area contributed by atoms with E-state index in [0.717, 1.165) is 38.5 Å². The van der Waals surface area contributed by atoms with Crippen LogP contribution in [0.15, 0.2) is 36.9 Å². The SMILES string of the molecule is C=CCN(CCOC)CCOc1ccccc1CNC. The van der Waals surface area contributed by atoms with Gasteiger partial charge >= 0.3 is 0 Å². The maximum atomic E-state index is 5.89. The van der Waals surface area contributed by atoms with Gasteiger partial charge in [-0.25, -0.2) is 0 Å². The molecule has 0 aliphatic heterocycles. The Labute approximate surface area is 122 Å². The molecule has 0 heterocycles. The Morgan fingerprint density at radius 2 is 2.00 bits per heavy atom. The molecule has 0 amide bonds. The molecule has 1 N–H and O–H groups in total. The zero-order chi connectivity index (χ0) is 14.6. The molecular formula is C16H26N2O2. The molecule has 20 heavy (non-hydrogen) atoms. The van der Waals surface area contributed by atoms with Gasteiger partial charge in [-0.1, -0.05) is 24.3 Å². The summed E-state index contributed by atoms with van der Waals surface area (Å²) in [5, 5.41) is 3.15. The summed E-state index contributed by atoms with van der Waals surface area (Å²) in [5.74, 6) is 0.951. The van der Waals surface area contributed by atoms with Crippen molar-refractivity contribution in [3.8, 4) is 5.75 Å². The van der Waals surface area contributed by atoms with Crippen molar-refractivity contribution in [2.75, 3.05) is 47.0 Å². The van der Waals surface area contributed by atoms with Crippen molar-refractivity contribution in [2.45, 2.75) is 6.54 Å². The fourth-order valence-corrected chi connectivity index (χ4v) is 1.96. The quantitative estimate of drug-likeness (QED) is 0.627. The van der Waals surface area contributed by atoms with Gasteiger partial charge in [0.2, 0.25) is 0 Å². The van der Waals surface area contributed by atoms with Crippen LogP contribution in [0.25, 0.3) is 0 Å². The van der Waals surface area contributed by atoms with Crippen LogP contribution >= 0.6 is 0 Å². The minimum absolute atomic E-state index is 0.665. The molecule has 1 rings (SSSR count). The van der Waals surface area contributed by atoms with Crippen molar-refractivity contribution in [3.05, 3.63) is 42.5 Å². The van der Waals surface area contributed by atoms with E-state index < -0.39 is 0 Å². The highest BCUT2D eigenvalue weighted by atomic mass is 16.5. The number of benzene rings is 1.